The van der Waals surface area contributed by atoms with E-state index in [4.69, 9.17) is 9.78 Å². The van der Waals surface area contributed by atoms with Gasteiger partial charge in [0, 0.05) is 18.2 Å². The molecule has 0 saturated heterocycles. The van der Waals surface area contributed by atoms with Crippen LogP contribution in [0.3, 0.4) is 0 Å². The van der Waals surface area contributed by atoms with Crippen molar-refractivity contribution in [3.8, 4) is 17.5 Å². The van der Waals surface area contributed by atoms with Gasteiger partial charge in [0.05, 0.1) is 25.3 Å². The Labute approximate surface area is 134 Å². The molecule has 23 heavy (non-hydrogen) atoms. The summed E-state index contributed by atoms with van der Waals surface area (Å²) in [6, 6.07) is 11.4. The summed E-state index contributed by atoms with van der Waals surface area (Å²) in [5, 5.41) is 22.9. The van der Waals surface area contributed by atoms with Crippen molar-refractivity contribution in [1.82, 2.24) is 14.6 Å². The summed E-state index contributed by atoms with van der Waals surface area (Å²) in [5.74, 6) is -0.231. The highest BCUT2D eigenvalue weighted by Gasteiger charge is 2.19. The second-order valence-corrected chi connectivity index (χ2v) is 5.58. The Morgan fingerprint density at radius 1 is 1.39 bits per heavy atom. The lowest BCUT2D eigenvalue weighted by atomic mass is 10.2. The van der Waals surface area contributed by atoms with Crippen molar-refractivity contribution in [2.75, 3.05) is 13.1 Å². The highest BCUT2D eigenvalue weighted by atomic mass is 16.5. The van der Waals surface area contributed by atoms with Gasteiger partial charge in [-0.15, -0.1) is 0 Å². The lowest BCUT2D eigenvalue weighted by Crippen LogP contribution is -2.40. The average molecular weight is 316 g/mol. The maximum absolute atomic E-state index is 11.9. The molecule has 0 aliphatic heterocycles. The number of aliphatic hydroxyl groups is 1. The SMILES string of the molecule is CC(C)N(CC#N)CC(O)Cn1c(-c2ccccc2)noc1=O. The van der Waals surface area contributed by atoms with Crippen molar-refractivity contribution < 1.29 is 9.63 Å². The Morgan fingerprint density at radius 3 is 2.70 bits per heavy atom. The third kappa shape index (κ3) is 4.28. The van der Waals surface area contributed by atoms with Crippen LogP contribution in [0.2, 0.25) is 0 Å². The van der Waals surface area contributed by atoms with Crippen LogP contribution >= 0.6 is 0 Å². The maximum atomic E-state index is 11.9. The van der Waals surface area contributed by atoms with Crippen molar-refractivity contribution >= 4 is 0 Å². The number of benzene rings is 1. The van der Waals surface area contributed by atoms with Gasteiger partial charge in [-0.3, -0.25) is 14.0 Å². The van der Waals surface area contributed by atoms with Crippen LogP contribution in [0.5, 0.6) is 0 Å². The molecule has 7 heteroatoms. The van der Waals surface area contributed by atoms with Crippen LogP contribution in [0.25, 0.3) is 11.4 Å². The second-order valence-electron chi connectivity index (χ2n) is 5.58. The van der Waals surface area contributed by atoms with E-state index >= 15 is 0 Å². The van der Waals surface area contributed by atoms with E-state index in [1.54, 1.807) is 0 Å². The van der Waals surface area contributed by atoms with Gasteiger partial charge < -0.3 is 5.11 Å². The van der Waals surface area contributed by atoms with Gasteiger partial charge in [-0.1, -0.05) is 35.5 Å². The zero-order valence-corrected chi connectivity index (χ0v) is 13.2. The summed E-state index contributed by atoms with van der Waals surface area (Å²) in [6.07, 6.45) is -0.815. The first kappa shape index (κ1) is 16.9. The van der Waals surface area contributed by atoms with E-state index in [0.29, 0.717) is 5.82 Å². The van der Waals surface area contributed by atoms with Crippen LogP contribution < -0.4 is 5.76 Å². The zero-order chi connectivity index (χ0) is 16.8. The molecule has 0 fully saturated rings. The highest BCUT2D eigenvalue weighted by Crippen LogP contribution is 2.15. The van der Waals surface area contributed by atoms with Crippen molar-refractivity contribution in [2.24, 2.45) is 0 Å². The molecule has 2 rings (SSSR count). The molecule has 0 radical (unpaired) electrons. The van der Waals surface area contributed by atoms with Crippen LogP contribution in [0, 0.1) is 11.3 Å². The fraction of sp³-hybridized carbons (Fsp3) is 0.438. The van der Waals surface area contributed by atoms with Gasteiger partial charge in [0.1, 0.15) is 0 Å². The van der Waals surface area contributed by atoms with Gasteiger partial charge in [-0.05, 0) is 13.8 Å². The summed E-state index contributed by atoms with van der Waals surface area (Å²) in [4.78, 5) is 13.7. The standard InChI is InChI=1S/C16H20N4O3/c1-12(2)19(9-8-17)10-14(21)11-20-15(18-23-16(20)22)13-6-4-3-5-7-13/h3-7,12,14,21H,9-11H2,1-2H3. The molecule has 1 aromatic heterocycles. The predicted molar refractivity (Wildman–Crippen MR) is 84.5 cm³/mol. The average Bonchev–Trinajstić information content (AvgIpc) is 2.88. The van der Waals surface area contributed by atoms with Crippen LogP contribution in [0.15, 0.2) is 39.6 Å². The van der Waals surface area contributed by atoms with Crippen LogP contribution in [0.4, 0.5) is 0 Å². The maximum Gasteiger partial charge on any atom is 0.441 e. The van der Waals surface area contributed by atoms with E-state index < -0.39 is 11.9 Å². The fourth-order valence-corrected chi connectivity index (χ4v) is 2.31. The van der Waals surface area contributed by atoms with Gasteiger partial charge in [-0.25, -0.2) is 4.79 Å². The molecule has 1 atom stereocenters. The third-order valence-electron chi connectivity index (χ3n) is 3.56. The van der Waals surface area contributed by atoms with E-state index in [1.165, 1.54) is 4.57 Å². The molecular formula is C16H20N4O3. The molecule has 122 valence electrons. The Hall–Kier alpha value is -2.43. The number of hydrogen-bond donors (Lipinski definition) is 1. The fourth-order valence-electron chi connectivity index (χ4n) is 2.31. The molecular weight excluding hydrogens is 296 g/mol. The van der Waals surface area contributed by atoms with Crippen molar-refractivity contribution in [3.63, 3.8) is 0 Å². The van der Waals surface area contributed by atoms with Crippen LogP contribution in [-0.2, 0) is 6.54 Å². The molecule has 2 aromatic rings. The molecule has 0 amide bonds. The van der Waals surface area contributed by atoms with Gasteiger partial charge in [0.25, 0.3) is 0 Å². The molecule has 7 nitrogen and oxygen atoms in total. The van der Waals surface area contributed by atoms with E-state index in [1.807, 2.05) is 49.1 Å². The summed E-state index contributed by atoms with van der Waals surface area (Å²) >= 11 is 0. The Balaban J connectivity index is 2.16. The van der Waals surface area contributed by atoms with Crippen molar-refractivity contribution in [2.45, 2.75) is 32.5 Å². The number of nitriles is 1. The summed E-state index contributed by atoms with van der Waals surface area (Å²) in [5.41, 5.74) is 0.739. The Morgan fingerprint density at radius 2 is 2.09 bits per heavy atom. The Kier molecular flexibility index (Phi) is 5.68. The highest BCUT2D eigenvalue weighted by molar-refractivity contribution is 5.54. The van der Waals surface area contributed by atoms with Crippen LogP contribution in [-0.4, -0.2) is 45.0 Å². The topological polar surface area (TPSA) is 95.3 Å². The summed E-state index contributed by atoms with van der Waals surface area (Å²) in [6.45, 7) is 4.47. The lowest BCUT2D eigenvalue weighted by molar-refractivity contribution is 0.0891. The van der Waals surface area contributed by atoms with Crippen molar-refractivity contribution in [1.29, 1.82) is 5.26 Å². The number of rotatable bonds is 7. The minimum absolute atomic E-state index is 0.0568. The monoisotopic (exact) mass is 316 g/mol. The number of nitrogens with zero attached hydrogens (tertiary/aromatic N) is 4. The van der Waals surface area contributed by atoms with E-state index in [-0.39, 0.29) is 25.7 Å². The molecule has 0 aliphatic rings. The summed E-state index contributed by atoms with van der Waals surface area (Å²) in [7, 11) is 0. The molecule has 0 spiro atoms. The molecule has 0 aliphatic carbocycles. The largest absolute Gasteiger partial charge is 0.441 e. The number of aromatic nitrogens is 2. The lowest BCUT2D eigenvalue weighted by Gasteiger charge is -2.26. The first-order valence-electron chi connectivity index (χ1n) is 7.44. The van der Waals surface area contributed by atoms with Gasteiger partial charge in [0.15, 0.2) is 5.82 Å². The van der Waals surface area contributed by atoms with Gasteiger partial charge >= 0.3 is 5.76 Å². The second kappa shape index (κ2) is 7.72. The van der Waals surface area contributed by atoms with Crippen LogP contribution in [0.1, 0.15) is 13.8 Å². The first-order chi connectivity index (χ1) is 11.0. The van der Waals surface area contributed by atoms with E-state index in [9.17, 15) is 9.90 Å². The van der Waals surface area contributed by atoms with Gasteiger partial charge in [0.2, 0.25) is 0 Å². The molecule has 1 heterocycles. The van der Waals surface area contributed by atoms with Crippen molar-refractivity contribution in [3.05, 3.63) is 40.9 Å². The van der Waals surface area contributed by atoms with E-state index in [0.717, 1.165) is 5.56 Å². The third-order valence-corrected chi connectivity index (χ3v) is 3.56. The first-order valence-corrected chi connectivity index (χ1v) is 7.44. The predicted octanol–water partition coefficient (Wildman–Crippen LogP) is 1.10. The molecule has 1 unspecified atom stereocenters. The number of aliphatic hydroxyl groups excluding tert-OH is 1. The molecule has 1 aromatic carbocycles. The molecule has 0 saturated carbocycles. The molecule has 0 bridgehead atoms. The normalized spacial score (nSPS) is 12.5. The minimum atomic E-state index is -0.815. The summed E-state index contributed by atoms with van der Waals surface area (Å²) < 4.78 is 6.04. The number of hydrogen-bond acceptors (Lipinski definition) is 6. The minimum Gasteiger partial charge on any atom is -0.390 e. The Bertz CT molecular complexity index is 715. The smallest absolute Gasteiger partial charge is 0.390 e. The quantitative estimate of drug-likeness (QED) is 0.769. The van der Waals surface area contributed by atoms with Gasteiger partial charge in [-0.2, -0.15) is 5.26 Å². The zero-order valence-electron chi connectivity index (χ0n) is 13.2. The van der Waals surface area contributed by atoms with E-state index in [2.05, 4.69) is 11.2 Å². The molecule has 1 N–H and O–H groups in total.